The summed E-state index contributed by atoms with van der Waals surface area (Å²) in [5.74, 6) is 0.594. The van der Waals surface area contributed by atoms with Crippen LogP contribution >= 0.6 is 0 Å². The van der Waals surface area contributed by atoms with Crippen LogP contribution in [0.1, 0.15) is 11.4 Å². The zero-order valence-corrected chi connectivity index (χ0v) is 10.1. The highest BCUT2D eigenvalue weighted by Crippen LogP contribution is 2.12. The molecule has 0 aliphatic rings. The van der Waals surface area contributed by atoms with Gasteiger partial charge in [0.05, 0.1) is 11.9 Å². The van der Waals surface area contributed by atoms with E-state index in [1.165, 1.54) is 0 Å². The van der Waals surface area contributed by atoms with Crippen molar-refractivity contribution in [3.63, 3.8) is 0 Å². The monoisotopic (exact) mass is 240 g/mol. The maximum atomic E-state index is 11.7. The topological polar surface area (TPSA) is 63.6 Å². The van der Waals surface area contributed by atoms with Gasteiger partial charge >= 0.3 is 0 Å². The van der Waals surface area contributed by atoms with E-state index in [1.54, 1.807) is 17.8 Å². The van der Waals surface area contributed by atoms with Crippen LogP contribution in [0.3, 0.4) is 0 Å². The zero-order chi connectivity index (χ0) is 12.7. The summed E-state index contributed by atoms with van der Waals surface area (Å²) in [5.41, 5.74) is 2.83. The standard InChI is InChI=1S/C13H12N4O/c1-8-4-3-5-10(6-8)17-7-11-12(16-17)13(18)15-9(2)14-11/h3-7H,1-2H3,(H,14,15,18). The fourth-order valence-corrected chi connectivity index (χ4v) is 1.94. The Bertz CT molecular complexity index is 785. The summed E-state index contributed by atoms with van der Waals surface area (Å²) in [6.45, 7) is 3.77. The van der Waals surface area contributed by atoms with Gasteiger partial charge in [-0.2, -0.15) is 5.10 Å². The molecule has 18 heavy (non-hydrogen) atoms. The van der Waals surface area contributed by atoms with Crippen LogP contribution in [-0.4, -0.2) is 19.7 Å². The van der Waals surface area contributed by atoms with Crippen LogP contribution in [0.5, 0.6) is 0 Å². The summed E-state index contributed by atoms with van der Waals surface area (Å²) in [6, 6.07) is 7.93. The molecular weight excluding hydrogens is 228 g/mol. The molecule has 0 aliphatic carbocycles. The van der Waals surface area contributed by atoms with Crippen LogP contribution in [0, 0.1) is 13.8 Å². The Kier molecular flexibility index (Phi) is 2.26. The van der Waals surface area contributed by atoms with E-state index in [4.69, 9.17) is 0 Å². The van der Waals surface area contributed by atoms with Crippen LogP contribution in [0.4, 0.5) is 0 Å². The third-order valence-corrected chi connectivity index (χ3v) is 2.76. The van der Waals surface area contributed by atoms with Gasteiger partial charge in [0.1, 0.15) is 11.3 Å². The molecule has 0 amide bonds. The minimum Gasteiger partial charge on any atom is -0.309 e. The normalized spacial score (nSPS) is 11.0. The molecule has 5 nitrogen and oxygen atoms in total. The van der Waals surface area contributed by atoms with Crippen LogP contribution in [-0.2, 0) is 0 Å². The van der Waals surface area contributed by atoms with Crippen molar-refractivity contribution in [3.05, 3.63) is 52.2 Å². The summed E-state index contributed by atoms with van der Waals surface area (Å²) in [6.07, 6.45) is 1.77. The first-order valence-corrected chi connectivity index (χ1v) is 5.67. The number of aromatic nitrogens is 4. The summed E-state index contributed by atoms with van der Waals surface area (Å²) in [7, 11) is 0. The van der Waals surface area contributed by atoms with Gasteiger partial charge in [-0.1, -0.05) is 12.1 Å². The van der Waals surface area contributed by atoms with Gasteiger partial charge in [-0.05, 0) is 31.5 Å². The summed E-state index contributed by atoms with van der Waals surface area (Å²) >= 11 is 0. The number of fused-ring (bicyclic) bond motifs is 1. The number of aryl methyl sites for hydroxylation is 2. The molecule has 0 unspecified atom stereocenters. The van der Waals surface area contributed by atoms with Crippen molar-refractivity contribution in [1.82, 2.24) is 19.7 Å². The van der Waals surface area contributed by atoms with Crippen molar-refractivity contribution in [2.75, 3.05) is 0 Å². The van der Waals surface area contributed by atoms with Crippen molar-refractivity contribution >= 4 is 11.0 Å². The Labute approximate surface area is 103 Å². The molecule has 1 aromatic carbocycles. The second kappa shape index (κ2) is 3.80. The van der Waals surface area contributed by atoms with Crippen LogP contribution in [0.15, 0.2) is 35.3 Å². The predicted octanol–water partition coefficient (Wildman–Crippen LogP) is 1.73. The first kappa shape index (κ1) is 10.7. The van der Waals surface area contributed by atoms with Crippen molar-refractivity contribution in [2.45, 2.75) is 13.8 Å². The molecule has 0 atom stereocenters. The molecule has 0 spiro atoms. The van der Waals surface area contributed by atoms with Crippen molar-refractivity contribution in [2.24, 2.45) is 0 Å². The number of nitrogens with one attached hydrogen (secondary N) is 1. The van der Waals surface area contributed by atoms with Crippen molar-refractivity contribution in [1.29, 1.82) is 0 Å². The number of nitrogens with zero attached hydrogens (tertiary/aromatic N) is 3. The lowest BCUT2D eigenvalue weighted by Crippen LogP contribution is -2.09. The SMILES string of the molecule is Cc1cccc(-n2cc3nc(C)[nH]c(=O)c3n2)c1. The maximum absolute atomic E-state index is 11.7. The summed E-state index contributed by atoms with van der Waals surface area (Å²) in [4.78, 5) is 18.7. The van der Waals surface area contributed by atoms with E-state index in [2.05, 4.69) is 15.1 Å². The second-order valence-corrected chi connectivity index (χ2v) is 4.30. The molecule has 0 radical (unpaired) electrons. The lowest BCUT2D eigenvalue weighted by atomic mass is 10.2. The number of hydrogen-bond acceptors (Lipinski definition) is 3. The molecule has 0 saturated heterocycles. The molecule has 0 bridgehead atoms. The Balaban J connectivity index is 2.26. The second-order valence-electron chi connectivity index (χ2n) is 4.30. The van der Waals surface area contributed by atoms with E-state index in [0.29, 0.717) is 16.9 Å². The lowest BCUT2D eigenvalue weighted by molar-refractivity contribution is 0.891. The third-order valence-electron chi connectivity index (χ3n) is 2.76. The number of benzene rings is 1. The molecule has 0 fully saturated rings. The van der Waals surface area contributed by atoms with Crippen molar-refractivity contribution in [3.8, 4) is 5.69 Å². The highest BCUT2D eigenvalue weighted by molar-refractivity contribution is 5.72. The van der Waals surface area contributed by atoms with E-state index in [-0.39, 0.29) is 5.56 Å². The number of hydrogen-bond donors (Lipinski definition) is 1. The molecule has 1 N–H and O–H groups in total. The number of rotatable bonds is 1. The Morgan fingerprint density at radius 1 is 1.28 bits per heavy atom. The van der Waals surface area contributed by atoms with E-state index in [9.17, 15) is 4.79 Å². The van der Waals surface area contributed by atoms with Gasteiger partial charge in [-0.15, -0.1) is 0 Å². The Morgan fingerprint density at radius 2 is 2.11 bits per heavy atom. The molecule has 5 heteroatoms. The van der Waals surface area contributed by atoms with Gasteiger partial charge < -0.3 is 4.98 Å². The van der Waals surface area contributed by atoms with Gasteiger partial charge in [-0.25, -0.2) is 9.67 Å². The van der Waals surface area contributed by atoms with Gasteiger partial charge in [0.15, 0.2) is 5.52 Å². The van der Waals surface area contributed by atoms with Gasteiger partial charge in [0.2, 0.25) is 0 Å². The minimum absolute atomic E-state index is 0.205. The smallest absolute Gasteiger partial charge is 0.279 e. The molecule has 90 valence electrons. The molecule has 0 aliphatic heterocycles. The highest BCUT2D eigenvalue weighted by atomic mass is 16.1. The molecule has 0 saturated carbocycles. The van der Waals surface area contributed by atoms with E-state index in [1.807, 2.05) is 31.2 Å². The molecular formula is C13H12N4O. The van der Waals surface area contributed by atoms with E-state index < -0.39 is 0 Å². The average Bonchev–Trinajstić information content (AvgIpc) is 2.73. The fourth-order valence-electron chi connectivity index (χ4n) is 1.94. The molecule has 3 rings (SSSR count). The molecule has 3 aromatic rings. The summed E-state index contributed by atoms with van der Waals surface area (Å²) in [5, 5.41) is 4.28. The number of aromatic amines is 1. The van der Waals surface area contributed by atoms with Crippen LogP contribution < -0.4 is 5.56 Å². The van der Waals surface area contributed by atoms with Gasteiger partial charge in [0.25, 0.3) is 5.56 Å². The van der Waals surface area contributed by atoms with Crippen molar-refractivity contribution < 1.29 is 0 Å². The molecule has 2 aromatic heterocycles. The number of H-pyrrole nitrogens is 1. The van der Waals surface area contributed by atoms with E-state index >= 15 is 0 Å². The lowest BCUT2D eigenvalue weighted by Gasteiger charge is -2.00. The largest absolute Gasteiger partial charge is 0.309 e. The van der Waals surface area contributed by atoms with Gasteiger partial charge in [0, 0.05) is 0 Å². The van der Waals surface area contributed by atoms with Crippen LogP contribution in [0.25, 0.3) is 16.7 Å². The minimum atomic E-state index is -0.205. The fraction of sp³-hybridized carbons (Fsp3) is 0.154. The molecule has 2 heterocycles. The highest BCUT2D eigenvalue weighted by Gasteiger charge is 2.08. The maximum Gasteiger partial charge on any atom is 0.279 e. The van der Waals surface area contributed by atoms with E-state index in [0.717, 1.165) is 11.3 Å². The predicted molar refractivity (Wildman–Crippen MR) is 69.0 cm³/mol. The average molecular weight is 240 g/mol. The third kappa shape index (κ3) is 1.69. The zero-order valence-electron chi connectivity index (χ0n) is 10.1. The quantitative estimate of drug-likeness (QED) is 0.704. The Morgan fingerprint density at radius 3 is 2.89 bits per heavy atom. The van der Waals surface area contributed by atoms with Gasteiger partial charge in [-0.3, -0.25) is 4.79 Å². The summed E-state index contributed by atoms with van der Waals surface area (Å²) < 4.78 is 1.68. The first-order valence-electron chi connectivity index (χ1n) is 5.67. The van der Waals surface area contributed by atoms with Crippen LogP contribution in [0.2, 0.25) is 0 Å². The Hall–Kier alpha value is -2.43. The first-order chi connectivity index (χ1) is 8.63.